The summed E-state index contributed by atoms with van der Waals surface area (Å²) < 4.78 is 33.7. The van der Waals surface area contributed by atoms with Crippen molar-refractivity contribution in [1.29, 1.82) is 0 Å². The summed E-state index contributed by atoms with van der Waals surface area (Å²) in [6.07, 6.45) is 4.87. The number of sulfonamides is 1. The van der Waals surface area contributed by atoms with E-state index in [1.165, 1.54) is 31.5 Å². The predicted octanol–water partition coefficient (Wildman–Crippen LogP) is 3.00. The molecule has 2 heterocycles. The first-order valence-corrected chi connectivity index (χ1v) is 10.4. The van der Waals surface area contributed by atoms with E-state index in [0.29, 0.717) is 5.76 Å². The largest absolute Gasteiger partial charge is 0.468 e. The van der Waals surface area contributed by atoms with Crippen LogP contribution in [-0.2, 0) is 10.0 Å². The number of hydrogen-bond acceptors (Lipinski definition) is 6. The third kappa shape index (κ3) is 4.37. The van der Waals surface area contributed by atoms with E-state index in [0.717, 1.165) is 25.9 Å². The zero-order chi connectivity index (χ0) is 19.4. The summed E-state index contributed by atoms with van der Waals surface area (Å²) in [5.41, 5.74) is -0.0842. The van der Waals surface area contributed by atoms with E-state index in [2.05, 4.69) is 9.62 Å². The van der Waals surface area contributed by atoms with Crippen LogP contribution in [0.4, 0.5) is 5.69 Å². The van der Waals surface area contributed by atoms with Gasteiger partial charge in [0.15, 0.2) is 0 Å². The highest BCUT2D eigenvalue weighted by molar-refractivity contribution is 7.89. The summed E-state index contributed by atoms with van der Waals surface area (Å²) in [6, 6.07) is 7.47. The molecule has 2 aromatic rings. The number of furan rings is 1. The van der Waals surface area contributed by atoms with Crippen molar-refractivity contribution in [3.8, 4) is 0 Å². The lowest BCUT2D eigenvalue weighted by atomic mass is 10.1. The average Bonchev–Trinajstić information content (AvgIpc) is 3.17. The molecule has 1 atom stereocenters. The summed E-state index contributed by atoms with van der Waals surface area (Å²) in [6.45, 7) is 3.34. The van der Waals surface area contributed by atoms with Crippen LogP contribution in [0.2, 0.25) is 0 Å². The van der Waals surface area contributed by atoms with Gasteiger partial charge in [-0.2, -0.15) is 0 Å². The third-order valence-electron chi connectivity index (χ3n) is 4.91. The molecule has 0 bridgehead atoms. The topological polar surface area (TPSA) is 106 Å². The van der Waals surface area contributed by atoms with Gasteiger partial charge in [0.2, 0.25) is 10.0 Å². The normalized spacial score (nSPS) is 16.9. The van der Waals surface area contributed by atoms with Crippen LogP contribution in [-0.4, -0.2) is 37.9 Å². The summed E-state index contributed by atoms with van der Waals surface area (Å²) >= 11 is 0. The number of nitro benzene ring substituents is 1. The van der Waals surface area contributed by atoms with Gasteiger partial charge in [0, 0.05) is 18.2 Å². The maximum absolute atomic E-state index is 12.8. The van der Waals surface area contributed by atoms with Gasteiger partial charge < -0.3 is 4.42 Å². The number of hydrogen-bond donors (Lipinski definition) is 1. The Morgan fingerprint density at radius 2 is 1.96 bits per heavy atom. The Bertz CT molecular complexity index is 890. The number of nitro groups is 1. The molecule has 8 nitrogen and oxygen atoms in total. The molecule has 3 rings (SSSR count). The van der Waals surface area contributed by atoms with Crippen LogP contribution >= 0.6 is 0 Å². The van der Waals surface area contributed by atoms with Gasteiger partial charge in [0.25, 0.3) is 5.69 Å². The van der Waals surface area contributed by atoms with Crippen LogP contribution < -0.4 is 4.72 Å². The molecule has 1 N–H and O–H groups in total. The van der Waals surface area contributed by atoms with Gasteiger partial charge in [-0.15, -0.1) is 0 Å². The maximum atomic E-state index is 12.8. The molecule has 9 heteroatoms. The molecule has 1 aliphatic rings. The highest BCUT2D eigenvalue weighted by atomic mass is 32.2. The summed E-state index contributed by atoms with van der Waals surface area (Å²) in [5, 5.41) is 11.1. The fourth-order valence-electron chi connectivity index (χ4n) is 3.48. The fourth-order valence-corrected chi connectivity index (χ4v) is 4.78. The van der Waals surface area contributed by atoms with Crippen molar-refractivity contribution in [2.45, 2.75) is 37.1 Å². The second-order valence-corrected chi connectivity index (χ2v) is 8.37. The number of nitrogens with zero attached hydrogens (tertiary/aromatic N) is 2. The van der Waals surface area contributed by atoms with Crippen LogP contribution in [0.1, 0.15) is 36.6 Å². The molecule has 1 aromatic heterocycles. The van der Waals surface area contributed by atoms with Crippen molar-refractivity contribution >= 4 is 15.7 Å². The lowest BCUT2D eigenvalue weighted by Crippen LogP contribution is -2.40. The van der Waals surface area contributed by atoms with E-state index >= 15 is 0 Å². The minimum absolute atomic E-state index is 0.0754. The van der Waals surface area contributed by atoms with Crippen molar-refractivity contribution < 1.29 is 17.8 Å². The Morgan fingerprint density at radius 1 is 1.22 bits per heavy atom. The molecule has 1 saturated heterocycles. The van der Waals surface area contributed by atoms with Gasteiger partial charge in [0.05, 0.1) is 22.1 Å². The molecule has 1 aliphatic heterocycles. The van der Waals surface area contributed by atoms with Gasteiger partial charge in [-0.1, -0.05) is 12.5 Å². The van der Waals surface area contributed by atoms with Crippen molar-refractivity contribution in [2.75, 3.05) is 19.6 Å². The predicted molar refractivity (Wildman–Crippen MR) is 99.9 cm³/mol. The summed E-state index contributed by atoms with van der Waals surface area (Å²) in [5.74, 6) is 0.704. The zero-order valence-electron chi connectivity index (χ0n) is 15.1. The molecule has 0 aliphatic carbocycles. The van der Waals surface area contributed by atoms with Gasteiger partial charge in [-0.05, 0) is 51.1 Å². The van der Waals surface area contributed by atoms with Crippen LogP contribution in [0, 0.1) is 17.0 Å². The molecule has 27 heavy (non-hydrogen) atoms. The maximum Gasteiger partial charge on any atom is 0.273 e. The standard InChI is InChI=1S/C18H23N3O5S/c1-14-15(21(22)23)7-5-9-18(14)27(24,25)19-13-16(17-8-6-12-26-17)20-10-3-2-4-11-20/h5-9,12,16,19H,2-4,10-11,13H2,1H3. The van der Waals surface area contributed by atoms with Gasteiger partial charge in [0.1, 0.15) is 5.76 Å². The van der Waals surface area contributed by atoms with Gasteiger partial charge in [-0.25, -0.2) is 13.1 Å². The molecule has 0 amide bonds. The average molecular weight is 393 g/mol. The highest BCUT2D eigenvalue weighted by Gasteiger charge is 2.28. The van der Waals surface area contributed by atoms with E-state index in [1.807, 2.05) is 6.07 Å². The molecular formula is C18H23N3O5S. The molecule has 0 spiro atoms. The lowest BCUT2D eigenvalue weighted by Gasteiger charge is -2.33. The van der Waals surface area contributed by atoms with E-state index in [9.17, 15) is 18.5 Å². The molecule has 0 saturated carbocycles. The van der Waals surface area contributed by atoms with Crippen molar-refractivity contribution in [3.63, 3.8) is 0 Å². The quantitative estimate of drug-likeness (QED) is 0.573. The minimum Gasteiger partial charge on any atom is -0.468 e. The zero-order valence-corrected chi connectivity index (χ0v) is 15.9. The molecule has 146 valence electrons. The Hall–Kier alpha value is -2.23. The van der Waals surface area contributed by atoms with Crippen LogP contribution in [0.3, 0.4) is 0 Å². The van der Waals surface area contributed by atoms with Crippen LogP contribution in [0.15, 0.2) is 45.9 Å². The van der Waals surface area contributed by atoms with E-state index in [1.54, 1.807) is 12.3 Å². The number of likely N-dealkylation sites (tertiary alicyclic amines) is 1. The second kappa shape index (κ2) is 8.20. The Morgan fingerprint density at radius 3 is 2.59 bits per heavy atom. The number of rotatable bonds is 7. The smallest absolute Gasteiger partial charge is 0.273 e. The second-order valence-electron chi connectivity index (χ2n) is 6.64. The molecule has 1 unspecified atom stereocenters. The summed E-state index contributed by atoms with van der Waals surface area (Å²) in [4.78, 5) is 12.7. The first kappa shape index (κ1) is 19.5. The monoisotopic (exact) mass is 393 g/mol. The fraction of sp³-hybridized carbons (Fsp3) is 0.444. The van der Waals surface area contributed by atoms with E-state index in [-0.39, 0.29) is 28.7 Å². The van der Waals surface area contributed by atoms with E-state index < -0.39 is 14.9 Å². The molecule has 1 aromatic carbocycles. The Kier molecular flexibility index (Phi) is 5.93. The lowest BCUT2D eigenvalue weighted by molar-refractivity contribution is -0.385. The third-order valence-corrected chi connectivity index (χ3v) is 6.48. The van der Waals surface area contributed by atoms with Crippen molar-refractivity contribution in [1.82, 2.24) is 9.62 Å². The first-order valence-electron chi connectivity index (χ1n) is 8.91. The number of benzene rings is 1. The summed E-state index contributed by atoms with van der Waals surface area (Å²) in [7, 11) is -3.89. The van der Waals surface area contributed by atoms with Crippen molar-refractivity contribution in [2.24, 2.45) is 0 Å². The Labute approximate surface area is 158 Å². The number of piperidine rings is 1. The molecular weight excluding hydrogens is 370 g/mol. The Balaban J connectivity index is 1.82. The highest BCUT2D eigenvalue weighted by Crippen LogP contribution is 2.27. The molecule has 0 radical (unpaired) electrons. The minimum atomic E-state index is -3.89. The van der Waals surface area contributed by atoms with Crippen LogP contribution in [0.5, 0.6) is 0 Å². The number of nitrogens with one attached hydrogen (secondary N) is 1. The molecule has 1 fully saturated rings. The van der Waals surface area contributed by atoms with Gasteiger partial charge in [-0.3, -0.25) is 15.0 Å². The van der Waals surface area contributed by atoms with E-state index in [4.69, 9.17) is 4.42 Å². The van der Waals surface area contributed by atoms with Crippen LogP contribution in [0.25, 0.3) is 0 Å². The van der Waals surface area contributed by atoms with Gasteiger partial charge >= 0.3 is 0 Å². The SMILES string of the molecule is Cc1c([N+](=O)[O-])cccc1S(=O)(=O)NCC(c1ccco1)N1CCCCC1. The van der Waals surface area contributed by atoms with Crippen molar-refractivity contribution in [3.05, 3.63) is 58.0 Å². The first-order chi connectivity index (χ1) is 12.9.